The van der Waals surface area contributed by atoms with Crippen molar-refractivity contribution in [2.45, 2.75) is 58.4 Å². The molecule has 2 aliphatic heterocycles. The fraction of sp³-hybridized carbons (Fsp3) is 0.500. The topological polar surface area (TPSA) is 119 Å². The first-order valence-electron chi connectivity index (χ1n) is 12.9. The molecule has 0 saturated heterocycles. The summed E-state index contributed by atoms with van der Waals surface area (Å²) in [5.41, 5.74) is 1.23. The third-order valence-corrected chi connectivity index (χ3v) is 5.66. The van der Waals surface area contributed by atoms with Gasteiger partial charge in [-0.3, -0.25) is 4.68 Å². The first-order valence-corrected chi connectivity index (χ1v) is 12.9. The normalized spacial score (nSPS) is 15.1. The van der Waals surface area contributed by atoms with E-state index in [1.165, 1.54) is 0 Å². The Morgan fingerprint density at radius 2 is 1.85 bits per heavy atom. The molecule has 3 aromatic rings. The maximum atomic E-state index is 12.9. The number of carbonyl (C=O) groups is 1. The van der Waals surface area contributed by atoms with Gasteiger partial charge in [0, 0.05) is 37.8 Å². The van der Waals surface area contributed by atoms with E-state index >= 15 is 0 Å². The fourth-order valence-corrected chi connectivity index (χ4v) is 3.84. The number of hydrogen-bond acceptors (Lipinski definition) is 8. The lowest BCUT2D eigenvalue weighted by Crippen LogP contribution is -2.49. The highest BCUT2D eigenvalue weighted by atomic mass is 19.4. The van der Waals surface area contributed by atoms with Crippen molar-refractivity contribution in [3.05, 3.63) is 53.6 Å². The minimum atomic E-state index is -4.54. The van der Waals surface area contributed by atoms with Gasteiger partial charge in [-0.2, -0.15) is 33.2 Å². The van der Waals surface area contributed by atoms with E-state index in [1.807, 2.05) is 45.0 Å². The summed E-state index contributed by atoms with van der Waals surface area (Å²) >= 11 is 0. The van der Waals surface area contributed by atoms with Gasteiger partial charge in [0.1, 0.15) is 11.6 Å². The molecule has 0 atom stereocenters. The first kappa shape index (κ1) is 28.9. The molecule has 0 radical (unpaired) electrons. The van der Waals surface area contributed by atoms with E-state index in [4.69, 9.17) is 9.47 Å². The molecule has 2 aromatic heterocycles. The molecule has 40 heavy (non-hydrogen) atoms. The summed E-state index contributed by atoms with van der Waals surface area (Å²) in [6.07, 6.45) is -0.285. The molecule has 4 heterocycles. The zero-order valence-corrected chi connectivity index (χ0v) is 22.7. The number of urea groups is 1. The molecule has 0 unspecified atom stereocenters. The summed E-state index contributed by atoms with van der Waals surface area (Å²) in [5, 5.41) is 10.4. The van der Waals surface area contributed by atoms with Gasteiger partial charge < -0.3 is 25.0 Å². The third-order valence-electron chi connectivity index (χ3n) is 5.66. The molecule has 11 nitrogen and oxygen atoms in total. The molecule has 2 aliphatic rings. The third kappa shape index (κ3) is 9.27. The molecule has 0 spiro atoms. The second-order valence-electron chi connectivity index (χ2n) is 10.4. The number of carbonyl (C=O) groups excluding carboxylic acids is 1. The molecular weight excluding hydrogens is 529 g/mol. The Morgan fingerprint density at radius 1 is 1.07 bits per heavy atom. The maximum absolute atomic E-state index is 12.9. The van der Waals surface area contributed by atoms with Gasteiger partial charge in [0.05, 0.1) is 19.3 Å². The summed E-state index contributed by atoms with van der Waals surface area (Å²) in [6, 6.07) is 6.77. The number of amides is 2. The monoisotopic (exact) mass is 562 g/mol. The SMILES string of the molecule is CC(C)(C)NC(=O)N1CCCOc2ccc(cc2)CNc2nc(nc(OCC(F)(F)F)n2)Cc2cnn(c2)CC1. The lowest BCUT2D eigenvalue weighted by molar-refractivity contribution is -0.154. The predicted molar refractivity (Wildman–Crippen MR) is 140 cm³/mol. The zero-order chi connectivity index (χ0) is 28.8. The number of alkyl halides is 3. The van der Waals surface area contributed by atoms with Crippen LogP contribution in [0.3, 0.4) is 0 Å². The Bertz CT molecular complexity index is 1280. The van der Waals surface area contributed by atoms with Crippen LogP contribution in [0.1, 0.15) is 44.1 Å². The second kappa shape index (κ2) is 12.4. The highest BCUT2D eigenvalue weighted by Crippen LogP contribution is 2.19. The molecule has 2 amide bonds. The molecule has 0 fully saturated rings. The van der Waals surface area contributed by atoms with Crippen LogP contribution in [-0.2, 0) is 19.5 Å². The van der Waals surface area contributed by atoms with Gasteiger partial charge in [0.15, 0.2) is 6.61 Å². The number of ether oxygens (including phenoxy) is 2. The molecule has 5 rings (SSSR count). The standard InChI is InChI=1S/C26H33F3N8O3/c1-25(2,3)35-24(38)36-9-4-12-39-20-7-5-18(6-8-20)14-30-22-32-21(13-19-15-31-37(16-19)11-10-36)33-23(34-22)40-17-26(27,28)29/h5-8,15-16H,4,9-14,17H2,1-3H3,(H,35,38)(H,30,32,33,34). The Labute approximate surface area is 230 Å². The van der Waals surface area contributed by atoms with Crippen LogP contribution in [-0.4, -0.2) is 73.7 Å². The van der Waals surface area contributed by atoms with E-state index in [-0.39, 0.29) is 24.2 Å². The maximum Gasteiger partial charge on any atom is 0.422 e. The van der Waals surface area contributed by atoms with E-state index < -0.39 is 24.3 Å². The quantitative estimate of drug-likeness (QED) is 0.484. The second-order valence-corrected chi connectivity index (χ2v) is 10.4. The van der Waals surface area contributed by atoms with Crippen LogP contribution in [0.4, 0.5) is 23.9 Å². The average Bonchev–Trinajstić information content (AvgIpc) is 3.31. The molecule has 6 bridgehead atoms. The predicted octanol–water partition coefficient (Wildman–Crippen LogP) is 3.80. The zero-order valence-electron chi connectivity index (χ0n) is 22.7. The number of nitrogens with one attached hydrogen (secondary N) is 2. The van der Waals surface area contributed by atoms with Crippen molar-refractivity contribution >= 4 is 12.0 Å². The van der Waals surface area contributed by atoms with Crippen LogP contribution in [0.15, 0.2) is 36.7 Å². The van der Waals surface area contributed by atoms with Crippen LogP contribution in [0.2, 0.25) is 0 Å². The highest BCUT2D eigenvalue weighted by Gasteiger charge is 2.29. The van der Waals surface area contributed by atoms with Crippen LogP contribution in [0.5, 0.6) is 11.8 Å². The van der Waals surface area contributed by atoms with Gasteiger partial charge in [0.2, 0.25) is 5.95 Å². The van der Waals surface area contributed by atoms with E-state index in [1.54, 1.807) is 22.0 Å². The molecule has 0 saturated carbocycles. The minimum absolute atomic E-state index is 0.0878. The van der Waals surface area contributed by atoms with Gasteiger partial charge >= 0.3 is 18.2 Å². The van der Waals surface area contributed by atoms with E-state index in [2.05, 4.69) is 30.7 Å². The minimum Gasteiger partial charge on any atom is -0.494 e. The van der Waals surface area contributed by atoms with Gasteiger partial charge in [-0.15, -0.1) is 0 Å². The number of nitrogens with zero attached hydrogens (tertiary/aromatic N) is 6. The van der Waals surface area contributed by atoms with Gasteiger partial charge in [-0.1, -0.05) is 12.1 Å². The number of anilines is 1. The summed E-state index contributed by atoms with van der Waals surface area (Å²) in [7, 11) is 0. The lowest BCUT2D eigenvalue weighted by Gasteiger charge is -2.28. The number of benzene rings is 1. The van der Waals surface area contributed by atoms with Gasteiger partial charge in [-0.05, 0) is 50.5 Å². The molecule has 2 N–H and O–H groups in total. The molecule has 1 aromatic carbocycles. The average molecular weight is 563 g/mol. The number of fused-ring (bicyclic) bond motifs is 9. The van der Waals surface area contributed by atoms with Crippen molar-refractivity contribution in [2.24, 2.45) is 0 Å². The van der Waals surface area contributed by atoms with Crippen molar-refractivity contribution in [3.8, 4) is 11.8 Å². The number of rotatable bonds is 2. The molecular formula is C26H33F3N8O3. The Balaban J connectivity index is 1.58. The van der Waals surface area contributed by atoms with Crippen molar-refractivity contribution in [2.75, 3.05) is 31.6 Å². The summed E-state index contributed by atoms with van der Waals surface area (Å²) in [5.74, 6) is 0.988. The van der Waals surface area contributed by atoms with Crippen molar-refractivity contribution in [3.63, 3.8) is 0 Å². The van der Waals surface area contributed by atoms with Crippen LogP contribution >= 0.6 is 0 Å². The first-order chi connectivity index (χ1) is 18.9. The van der Waals surface area contributed by atoms with Crippen molar-refractivity contribution in [1.29, 1.82) is 0 Å². The Kier molecular flexibility index (Phi) is 8.95. The fourth-order valence-electron chi connectivity index (χ4n) is 3.84. The lowest BCUT2D eigenvalue weighted by atomic mass is 10.1. The number of halogens is 3. The number of hydrogen-bond donors (Lipinski definition) is 2. The van der Waals surface area contributed by atoms with Crippen LogP contribution in [0, 0.1) is 0 Å². The largest absolute Gasteiger partial charge is 0.494 e. The van der Waals surface area contributed by atoms with Crippen LogP contribution < -0.4 is 20.1 Å². The smallest absolute Gasteiger partial charge is 0.422 e. The van der Waals surface area contributed by atoms with Crippen molar-refractivity contribution < 1.29 is 27.4 Å². The van der Waals surface area contributed by atoms with E-state index in [0.29, 0.717) is 45.0 Å². The Hall–Kier alpha value is -4.10. The van der Waals surface area contributed by atoms with E-state index in [9.17, 15) is 18.0 Å². The molecule has 216 valence electrons. The molecule has 14 heteroatoms. The van der Waals surface area contributed by atoms with Gasteiger partial charge in [-0.25, -0.2) is 4.79 Å². The summed E-state index contributed by atoms with van der Waals surface area (Å²) < 4.78 is 50.6. The Morgan fingerprint density at radius 3 is 2.58 bits per heavy atom. The molecule has 0 aliphatic carbocycles. The van der Waals surface area contributed by atoms with Crippen LogP contribution in [0.25, 0.3) is 0 Å². The van der Waals surface area contributed by atoms with Gasteiger partial charge in [0.25, 0.3) is 0 Å². The summed E-state index contributed by atoms with van der Waals surface area (Å²) in [4.78, 5) is 27.1. The summed E-state index contributed by atoms with van der Waals surface area (Å²) in [6.45, 7) is 6.33. The number of aromatic nitrogens is 5. The van der Waals surface area contributed by atoms with Crippen molar-refractivity contribution in [1.82, 2.24) is 34.9 Å². The van der Waals surface area contributed by atoms with E-state index in [0.717, 1.165) is 11.1 Å². The highest BCUT2D eigenvalue weighted by molar-refractivity contribution is 5.74.